The minimum Gasteiger partial charge on any atom is -0.258 e. The van der Waals surface area contributed by atoms with Gasteiger partial charge in [-0.25, -0.2) is 4.68 Å². The Morgan fingerprint density at radius 2 is 1.93 bits per heavy atom. The van der Waals surface area contributed by atoms with Crippen molar-refractivity contribution < 1.29 is 4.92 Å². The van der Waals surface area contributed by atoms with E-state index in [0.717, 1.165) is 40.9 Å². The molecule has 1 heterocycles. The van der Waals surface area contributed by atoms with E-state index < -0.39 is 0 Å². The highest BCUT2D eigenvalue weighted by atomic mass is 32.1. The molecule has 152 valence electrons. The number of thiazole rings is 1. The molecule has 1 aliphatic rings. The maximum Gasteiger partial charge on any atom is 0.269 e. The molecule has 0 spiro atoms. The van der Waals surface area contributed by atoms with E-state index in [1.54, 1.807) is 12.1 Å². The lowest BCUT2D eigenvalue weighted by molar-refractivity contribution is -0.384. The van der Waals surface area contributed by atoms with Crippen LogP contribution in [0.4, 0.5) is 5.69 Å². The highest BCUT2D eigenvalue weighted by molar-refractivity contribution is 7.07. The van der Waals surface area contributed by atoms with Gasteiger partial charge in [-0.05, 0) is 42.9 Å². The van der Waals surface area contributed by atoms with E-state index in [9.17, 15) is 10.1 Å². The maximum atomic E-state index is 11.0. The number of benzene rings is 2. The Kier molecular flexibility index (Phi) is 6.29. The predicted molar refractivity (Wildman–Crippen MR) is 120 cm³/mol. The predicted octanol–water partition coefficient (Wildman–Crippen LogP) is 5.42. The number of hydrogen-bond donors (Lipinski definition) is 0. The normalized spacial score (nSPS) is 16.9. The van der Waals surface area contributed by atoms with E-state index in [4.69, 9.17) is 10.1 Å². The van der Waals surface area contributed by atoms with Crippen molar-refractivity contribution in [2.24, 2.45) is 16.0 Å². The van der Waals surface area contributed by atoms with Gasteiger partial charge in [-0.15, -0.1) is 11.3 Å². The van der Waals surface area contributed by atoms with Crippen molar-refractivity contribution in [3.8, 4) is 11.3 Å². The molecule has 0 saturated carbocycles. The van der Waals surface area contributed by atoms with Crippen LogP contribution in [0.2, 0.25) is 0 Å². The third kappa shape index (κ3) is 4.80. The van der Waals surface area contributed by atoms with E-state index >= 15 is 0 Å². The Bertz CT molecular complexity index is 1130. The second-order valence-corrected chi connectivity index (χ2v) is 7.97. The van der Waals surface area contributed by atoms with Gasteiger partial charge in [0, 0.05) is 29.3 Å². The van der Waals surface area contributed by atoms with E-state index in [1.165, 1.54) is 23.5 Å². The molecule has 1 atom stereocenters. The molecule has 0 saturated heterocycles. The summed E-state index contributed by atoms with van der Waals surface area (Å²) in [7, 11) is 0. The smallest absolute Gasteiger partial charge is 0.258 e. The molecule has 4 rings (SSSR count). The average molecular weight is 419 g/mol. The molecule has 30 heavy (non-hydrogen) atoms. The summed E-state index contributed by atoms with van der Waals surface area (Å²) in [5.74, 6) is 0.411. The molecule has 0 bridgehead atoms. The quantitative estimate of drug-likeness (QED) is 0.232. The highest BCUT2D eigenvalue weighted by Crippen LogP contribution is 2.23. The second kappa shape index (κ2) is 9.45. The molecule has 2 aromatic carbocycles. The van der Waals surface area contributed by atoms with Crippen molar-refractivity contribution in [2.45, 2.75) is 25.8 Å². The fourth-order valence-electron chi connectivity index (χ4n) is 3.33. The van der Waals surface area contributed by atoms with Gasteiger partial charge < -0.3 is 0 Å². The fraction of sp³-hybridized carbons (Fsp3) is 0.217. The lowest BCUT2D eigenvalue weighted by Gasteiger charge is -2.12. The Hall–Kier alpha value is -3.32. The Morgan fingerprint density at radius 3 is 2.63 bits per heavy atom. The molecule has 7 heteroatoms. The Labute approximate surface area is 178 Å². The van der Waals surface area contributed by atoms with Crippen molar-refractivity contribution in [2.75, 3.05) is 0 Å². The van der Waals surface area contributed by atoms with Crippen LogP contribution in [0.15, 0.2) is 82.2 Å². The standard InChI is InChI=1S/C23H22N4O2S/c28-27(29)21-13-11-20(12-14-21)22-17-30-23(24-15-18-7-3-1-4-8-18)26(22)25-16-19-9-5-2-6-10-19/h1-5,7-8,11-14,16-17,19H,6,9-10,15H2. The van der Waals surface area contributed by atoms with Crippen molar-refractivity contribution in [3.63, 3.8) is 0 Å². The first-order chi connectivity index (χ1) is 14.7. The minimum atomic E-state index is -0.388. The molecule has 6 nitrogen and oxygen atoms in total. The molecule has 1 aliphatic carbocycles. The maximum absolute atomic E-state index is 11.0. The van der Waals surface area contributed by atoms with Crippen LogP contribution >= 0.6 is 11.3 Å². The molecule has 0 radical (unpaired) electrons. The van der Waals surface area contributed by atoms with Crippen molar-refractivity contribution in [1.82, 2.24) is 4.68 Å². The summed E-state index contributed by atoms with van der Waals surface area (Å²) in [5.41, 5.74) is 2.96. The lowest BCUT2D eigenvalue weighted by Crippen LogP contribution is -2.14. The van der Waals surface area contributed by atoms with Gasteiger partial charge in [0.05, 0.1) is 17.2 Å². The van der Waals surface area contributed by atoms with Crippen LogP contribution in [0.3, 0.4) is 0 Å². The van der Waals surface area contributed by atoms with Crippen LogP contribution in [-0.2, 0) is 6.54 Å². The number of nitrogens with zero attached hydrogens (tertiary/aromatic N) is 4. The van der Waals surface area contributed by atoms with Gasteiger partial charge >= 0.3 is 0 Å². The first-order valence-corrected chi connectivity index (χ1v) is 10.8. The van der Waals surface area contributed by atoms with Gasteiger partial charge in [-0.1, -0.05) is 42.5 Å². The van der Waals surface area contributed by atoms with Crippen LogP contribution < -0.4 is 4.80 Å². The van der Waals surface area contributed by atoms with E-state index in [2.05, 4.69) is 24.3 Å². The SMILES string of the molecule is O=[N+]([O-])c1ccc(-c2csc(=NCc3ccccc3)n2N=CC2CC=CCC2)cc1. The minimum absolute atomic E-state index is 0.0759. The number of allylic oxidation sites excluding steroid dienone is 2. The molecule has 3 aromatic rings. The molecule has 1 unspecified atom stereocenters. The number of nitro groups is 1. The third-order valence-electron chi connectivity index (χ3n) is 5.00. The molecule has 1 aromatic heterocycles. The summed E-state index contributed by atoms with van der Waals surface area (Å²) < 4.78 is 1.85. The summed E-state index contributed by atoms with van der Waals surface area (Å²) >= 11 is 1.52. The van der Waals surface area contributed by atoms with E-state index in [1.807, 2.05) is 34.5 Å². The van der Waals surface area contributed by atoms with Crippen LogP contribution in [0.25, 0.3) is 11.3 Å². The van der Waals surface area contributed by atoms with Crippen LogP contribution in [-0.4, -0.2) is 15.8 Å². The first kappa shape index (κ1) is 20.0. The largest absolute Gasteiger partial charge is 0.269 e. The topological polar surface area (TPSA) is 72.8 Å². The summed E-state index contributed by atoms with van der Waals surface area (Å²) in [6.45, 7) is 0.572. The Morgan fingerprint density at radius 1 is 1.13 bits per heavy atom. The number of aromatic nitrogens is 1. The van der Waals surface area contributed by atoms with Gasteiger partial charge in [0.1, 0.15) is 0 Å². The van der Waals surface area contributed by atoms with Crippen LogP contribution in [0, 0.1) is 16.0 Å². The molecule has 0 fully saturated rings. The summed E-state index contributed by atoms with van der Waals surface area (Å²) in [6, 6.07) is 16.7. The molecular formula is C23H22N4O2S. The third-order valence-corrected chi connectivity index (χ3v) is 5.86. The molecular weight excluding hydrogens is 396 g/mol. The van der Waals surface area contributed by atoms with Gasteiger partial charge in [-0.3, -0.25) is 15.1 Å². The van der Waals surface area contributed by atoms with Crippen LogP contribution in [0.1, 0.15) is 24.8 Å². The van der Waals surface area contributed by atoms with Gasteiger partial charge in [0.2, 0.25) is 4.80 Å². The van der Waals surface area contributed by atoms with Crippen molar-refractivity contribution in [1.29, 1.82) is 0 Å². The van der Waals surface area contributed by atoms with E-state index in [-0.39, 0.29) is 10.6 Å². The summed E-state index contributed by atoms with van der Waals surface area (Å²) in [4.78, 5) is 16.2. The van der Waals surface area contributed by atoms with Crippen molar-refractivity contribution >= 4 is 23.2 Å². The summed E-state index contributed by atoms with van der Waals surface area (Å²) in [6.07, 6.45) is 9.59. The first-order valence-electron chi connectivity index (χ1n) is 9.90. The number of non-ortho nitro benzene ring substituents is 1. The molecule has 0 amide bonds. The van der Waals surface area contributed by atoms with E-state index in [0.29, 0.717) is 12.5 Å². The monoisotopic (exact) mass is 418 g/mol. The molecule has 0 aliphatic heterocycles. The Balaban J connectivity index is 1.70. The van der Waals surface area contributed by atoms with Gasteiger partial charge in [0.15, 0.2) is 0 Å². The zero-order valence-electron chi connectivity index (χ0n) is 16.4. The average Bonchev–Trinajstić information content (AvgIpc) is 3.20. The fourth-order valence-corrected chi connectivity index (χ4v) is 4.16. The summed E-state index contributed by atoms with van der Waals surface area (Å²) in [5, 5.41) is 17.8. The number of rotatable bonds is 6. The van der Waals surface area contributed by atoms with Gasteiger partial charge in [0.25, 0.3) is 5.69 Å². The zero-order valence-corrected chi connectivity index (χ0v) is 17.2. The van der Waals surface area contributed by atoms with Gasteiger partial charge in [-0.2, -0.15) is 5.10 Å². The van der Waals surface area contributed by atoms with Crippen LogP contribution in [0.5, 0.6) is 0 Å². The number of hydrogen-bond acceptors (Lipinski definition) is 5. The highest BCUT2D eigenvalue weighted by Gasteiger charge is 2.12. The molecule has 0 N–H and O–H groups in total. The zero-order chi connectivity index (χ0) is 20.8. The van der Waals surface area contributed by atoms with Crippen molar-refractivity contribution in [3.05, 3.63) is 92.6 Å². The second-order valence-electron chi connectivity index (χ2n) is 7.13. The number of nitro benzene ring substituents is 1. The lowest BCUT2D eigenvalue weighted by atomic mass is 9.96.